The lowest BCUT2D eigenvalue weighted by molar-refractivity contribution is -0.139. The van der Waals surface area contributed by atoms with Crippen molar-refractivity contribution < 1.29 is 18.3 Å². The van der Waals surface area contributed by atoms with Crippen LogP contribution in [0.1, 0.15) is 23.2 Å². The SMILES string of the molecule is COC(=O)Cc1c(Br)cnc(C(F)F)c1CBr. The Bertz CT molecular complexity index is 427. The molecule has 0 N–H and O–H groups in total. The summed E-state index contributed by atoms with van der Waals surface area (Å²) in [6.07, 6.45) is -1.47. The van der Waals surface area contributed by atoms with Crippen LogP contribution in [0.5, 0.6) is 0 Å². The molecule has 1 aromatic rings. The van der Waals surface area contributed by atoms with Gasteiger partial charge in [-0.15, -0.1) is 0 Å². The summed E-state index contributed by atoms with van der Waals surface area (Å²) in [7, 11) is 1.25. The molecule has 0 bridgehead atoms. The molecule has 0 saturated carbocycles. The summed E-state index contributed by atoms with van der Waals surface area (Å²) in [6, 6.07) is 0. The summed E-state index contributed by atoms with van der Waals surface area (Å²) < 4.78 is 30.5. The van der Waals surface area contributed by atoms with E-state index in [1.165, 1.54) is 13.3 Å². The second-order valence-corrected chi connectivity index (χ2v) is 4.55. The van der Waals surface area contributed by atoms with E-state index in [-0.39, 0.29) is 17.4 Å². The fourth-order valence-electron chi connectivity index (χ4n) is 1.33. The standard InChI is InChI=1S/C10H9Br2F2NO2/c1-17-8(16)2-5-6(3-11)9(10(13)14)15-4-7(5)12/h4,10H,2-3H2,1H3. The van der Waals surface area contributed by atoms with Gasteiger partial charge in [0.2, 0.25) is 0 Å². The number of carbonyl (C=O) groups is 1. The van der Waals surface area contributed by atoms with Crippen LogP contribution in [0.2, 0.25) is 0 Å². The Morgan fingerprint density at radius 2 is 2.18 bits per heavy atom. The Hall–Kier alpha value is -0.560. The number of esters is 1. The van der Waals surface area contributed by atoms with Crippen molar-refractivity contribution in [3.8, 4) is 0 Å². The molecule has 0 aromatic carbocycles. The smallest absolute Gasteiger partial charge is 0.310 e. The van der Waals surface area contributed by atoms with Gasteiger partial charge in [-0.05, 0) is 27.1 Å². The molecule has 0 aliphatic carbocycles. The predicted octanol–water partition coefficient (Wildman–Crippen LogP) is 3.39. The van der Waals surface area contributed by atoms with Crippen molar-refractivity contribution in [2.75, 3.05) is 7.11 Å². The van der Waals surface area contributed by atoms with Crippen LogP contribution in [0.4, 0.5) is 8.78 Å². The molecule has 7 heteroatoms. The first-order valence-electron chi connectivity index (χ1n) is 4.58. The molecule has 1 rings (SSSR count). The third kappa shape index (κ3) is 3.45. The summed E-state index contributed by atoms with van der Waals surface area (Å²) >= 11 is 6.32. The lowest BCUT2D eigenvalue weighted by Crippen LogP contribution is -2.10. The van der Waals surface area contributed by atoms with Crippen molar-refractivity contribution >= 4 is 37.8 Å². The van der Waals surface area contributed by atoms with E-state index in [9.17, 15) is 13.6 Å². The van der Waals surface area contributed by atoms with Gasteiger partial charge < -0.3 is 4.74 Å². The Kier molecular flexibility index (Phi) is 5.45. The summed E-state index contributed by atoms with van der Waals surface area (Å²) in [5.74, 6) is -0.487. The Morgan fingerprint density at radius 3 is 2.65 bits per heavy atom. The van der Waals surface area contributed by atoms with E-state index in [0.29, 0.717) is 15.6 Å². The number of alkyl halides is 3. The van der Waals surface area contributed by atoms with Gasteiger partial charge >= 0.3 is 5.97 Å². The van der Waals surface area contributed by atoms with Crippen molar-refractivity contribution in [1.82, 2.24) is 4.98 Å². The molecule has 0 amide bonds. The summed E-state index contributed by atoms with van der Waals surface area (Å²) in [4.78, 5) is 14.9. The number of ether oxygens (including phenoxy) is 1. The highest BCUT2D eigenvalue weighted by Gasteiger charge is 2.21. The van der Waals surface area contributed by atoms with Gasteiger partial charge in [0, 0.05) is 16.0 Å². The molecule has 94 valence electrons. The van der Waals surface area contributed by atoms with Crippen LogP contribution in [-0.2, 0) is 21.3 Å². The average Bonchev–Trinajstić information content (AvgIpc) is 2.30. The molecule has 0 radical (unpaired) electrons. The van der Waals surface area contributed by atoms with E-state index in [4.69, 9.17) is 0 Å². The molecule has 0 unspecified atom stereocenters. The van der Waals surface area contributed by atoms with Gasteiger partial charge in [0.05, 0.1) is 13.5 Å². The number of nitrogens with zero attached hydrogens (tertiary/aromatic N) is 1. The number of aromatic nitrogens is 1. The van der Waals surface area contributed by atoms with Crippen LogP contribution in [0, 0.1) is 0 Å². The number of halogens is 4. The lowest BCUT2D eigenvalue weighted by atomic mass is 10.1. The maximum Gasteiger partial charge on any atom is 0.310 e. The van der Waals surface area contributed by atoms with Crippen LogP contribution in [0.3, 0.4) is 0 Å². The number of pyridine rings is 1. The molecule has 1 heterocycles. The van der Waals surface area contributed by atoms with E-state index in [2.05, 4.69) is 41.6 Å². The number of methoxy groups -OCH3 is 1. The van der Waals surface area contributed by atoms with E-state index < -0.39 is 12.4 Å². The fourth-order valence-corrected chi connectivity index (χ4v) is 2.43. The van der Waals surface area contributed by atoms with Crippen LogP contribution in [0.25, 0.3) is 0 Å². The van der Waals surface area contributed by atoms with Crippen LogP contribution in [0.15, 0.2) is 10.7 Å². The zero-order valence-electron chi connectivity index (χ0n) is 8.84. The third-order valence-corrected chi connectivity index (χ3v) is 3.41. The molecule has 0 fully saturated rings. The molecule has 0 aliphatic rings. The quantitative estimate of drug-likeness (QED) is 0.600. The monoisotopic (exact) mass is 371 g/mol. The molecule has 3 nitrogen and oxygen atoms in total. The molecule has 0 saturated heterocycles. The van der Waals surface area contributed by atoms with Crippen LogP contribution >= 0.6 is 31.9 Å². The number of hydrogen-bond donors (Lipinski definition) is 0. The first-order valence-corrected chi connectivity index (χ1v) is 6.49. The minimum Gasteiger partial charge on any atom is -0.469 e. The Balaban J connectivity index is 3.25. The van der Waals surface area contributed by atoms with Gasteiger partial charge in [-0.3, -0.25) is 9.78 Å². The van der Waals surface area contributed by atoms with Gasteiger partial charge in [0.25, 0.3) is 6.43 Å². The fraction of sp³-hybridized carbons (Fsp3) is 0.400. The van der Waals surface area contributed by atoms with Crippen molar-refractivity contribution in [2.45, 2.75) is 18.2 Å². The highest BCUT2D eigenvalue weighted by Crippen LogP contribution is 2.30. The molecule has 0 aliphatic heterocycles. The molecule has 17 heavy (non-hydrogen) atoms. The van der Waals surface area contributed by atoms with E-state index >= 15 is 0 Å². The number of rotatable bonds is 4. The van der Waals surface area contributed by atoms with Crippen molar-refractivity contribution in [2.24, 2.45) is 0 Å². The van der Waals surface area contributed by atoms with E-state index in [1.54, 1.807) is 0 Å². The normalized spacial score (nSPS) is 10.7. The first-order chi connectivity index (χ1) is 8.01. The van der Waals surface area contributed by atoms with E-state index in [0.717, 1.165) is 0 Å². The maximum atomic E-state index is 12.7. The summed E-state index contributed by atoms with van der Waals surface area (Å²) in [5.41, 5.74) is 0.475. The second-order valence-electron chi connectivity index (χ2n) is 3.14. The highest BCUT2D eigenvalue weighted by atomic mass is 79.9. The number of carbonyl (C=O) groups excluding carboxylic acids is 1. The van der Waals surface area contributed by atoms with Gasteiger partial charge in [0.1, 0.15) is 5.69 Å². The van der Waals surface area contributed by atoms with Crippen LogP contribution in [-0.4, -0.2) is 18.1 Å². The predicted molar refractivity (Wildman–Crippen MR) is 65.2 cm³/mol. The summed E-state index contributed by atoms with van der Waals surface area (Å²) in [5, 5.41) is 0.200. The maximum absolute atomic E-state index is 12.7. The van der Waals surface area contributed by atoms with Gasteiger partial charge in [0.15, 0.2) is 0 Å². The van der Waals surface area contributed by atoms with Crippen molar-refractivity contribution in [3.63, 3.8) is 0 Å². The molecule has 1 aromatic heterocycles. The minimum absolute atomic E-state index is 0.0692. The zero-order valence-corrected chi connectivity index (χ0v) is 12.0. The van der Waals surface area contributed by atoms with Crippen LogP contribution < -0.4 is 0 Å². The van der Waals surface area contributed by atoms with Gasteiger partial charge in [-0.1, -0.05) is 15.9 Å². The average molecular weight is 373 g/mol. The first kappa shape index (κ1) is 14.5. The van der Waals surface area contributed by atoms with Crippen molar-refractivity contribution in [3.05, 3.63) is 27.5 Å². The molecule has 0 atom stereocenters. The Labute approximate surface area is 114 Å². The highest BCUT2D eigenvalue weighted by molar-refractivity contribution is 9.10. The third-order valence-electron chi connectivity index (χ3n) is 2.17. The summed E-state index contributed by atoms with van der Waals surface area (Å²) in [6.45, 7) is 0. The van der Waals surface area contributed by atoms with Gasteiger partial charge in [-0.2, -0.15) is 0 Å². The Morgan fingerprint density at radius 1 is 1.53 bits per heavy atom. The molecular formula is C10H9Br2F2NO2. The zero-order chi connectivity index (χ0) is 13.0. The minimum atomic E-state index is -2.67. The molecular weight excluding hydrogens is 364 g/mol. The number of hydrogen-bond acceptors (Lipinski definition) is 3. The van der Waals surface area contributed by atoms with Crippen molar-refractivity contribution in [1.29, 1.82) is 0 Å². The topological polar surface area (TPSA) is 39.2 Å². The molecule has 0 spiro atoms. The van der Waals surface area contributed by atoms with E-state index in [1.807, 2.05) is 0 Å². The largest absolute Gasteiger partial charge is 0.469 e. The van der Waals surface area contributed by atoms with Gasteiger partial charge in [-0.25, -0.2) is 8.78 Å². The lowest BCUT2D eigenvalue weighted by Gasteiger charge is -2.12. The second kappa shape index (κ2) is 6.39.